The summed E-state index contributed by atoms with van der Waals surface area (Å²) in [5.41, 5.74) is 12.2. The number of aliphatic imine (C=N–C) groups is 2. The fraction of sp³-hybridized carbons (Fsp3) is 0.333. The minimum atomic E-state index is 0.172. The summed E-state index contributed by atoms with van der Waals surface area (Å²) in [4.78, 5) is 12.5. The number of nitrogens with zero attached hydrogens (tertiary/aromatic N) is 3. The van der Waals surface area contributed by atoms with E-state index in [4.69, 9.17) is 11.5 Å². The highest BCUT2D eigenvalue weighted by atomic mass is 15.3. The number of nitrogens with one attached hydrogen (secondary N) is 1. The van der Waals surface area contributed by atoms with E-state index in [1.807, 2.05) is 25.4 Å². The molecule has 82 valence electrons. The highest BCUT2D eigenvalue weighted by Gasteiger charge is 2.03. The number of nitrogens with two attached hydrogens (primary N) is 2. The van der Waals surface area contributed by atoms with Gasteiger partial charge in [-0.3, -0.25) is 4.99 Å². The smallest absolute Gasteiger partial charge is 0.218 e. The van der Waals surface area contributed by atoms with E-state index in [1.165, 1.54) is 0 Å². The monoisotopic (exact) mass is 208 g/mol. The van der Waals surface area contributed by atoms with Crippen LogP contribution in [0.2, 0.25) is 0 Å². The predicted molar refractivity (Wildman–Crippen MR) is 61.4 cm³/mol. The van der Waals surface area contributed by atoms with E-state index in [2.05, 4.69) is 15.0 Å². The average Bonchev–Trinajstić information content (AvgIpc) is 2.70. The fourth-order valence-electron chi connectivity index (χ4n) is 1.06. The largest absolute Gasteiger partial charge is 0.369 e. The molecule has 0 amide bonds. The Morgan fingerprint density at radius 2 is 2.27 bits per heavy atom. The third-order valence-electron chi connectivity index (χ3n) is 1.92. The molecule has 1 rings (SSSR count). The van der Waals surface area contributed by atoms with E-state index in [9.17, 15) is 0 Å². The summed E-state index contributed by atoms with van der Waals surface area (Å²) in [5, 5.41) is 0. The highest BCUT2D eigenvalue weighted by Crippen LogP contribution is 1.98. The van der Waals surface area contributed by atoms with Gasteiger partial charge in [0.1, 0.15) is 0 Å². The SMILES string of the molecule is CN=C(N)N=C(N)N(C)Cc1ccc[nH]1. The third kappa shape index (κ3) is 3.34. The van der Waals surface area contributed by atoms with Gasteiger partial charge in [-0.2, -0.15) is 4.99 Å². The molecular formula is C9H16N6. The van der Waals surface area contributed by atoms with Crippen LogP contribution < -0.4 is 11.5 Å². The molecule has 5 N–H and O–H groups in total. The van der Waals surface area contributed by atoms with E-state index < -0.39 is 0 Å². The summed E-state index contributed by atoms with van der Waals surface area (Å²) in [6.07, 6.45) is 1.86. The molecule has 6 heteroatoms. The summed E-state index contributed by atoms with van der Waals surface area (Å²) < 4.78 is 0. The van der Waals surface area contributed by atoms with Crippen molar-refractivity contribution in [3.8, 4) is 0 Å². The van der Waals surface area contributed by atoms with Crippen LogP contribution in [-0.2, 0) is 6.54 Å². The minimum Gasteiger partial charge on any atom is -0.369 e. The maximum atomic E-state index is 5.71. The first-order chi connectivity index (χ1) is 7.13. The van der Waals surface area contributed by atoms with Gasteiger partial charge in [0, 0.05) is 26.0 Å². The number of aromatic nitrogens is 1. The lowest BCUT2D eigenvalue weighted by atomic mass is 10.4. The molecule has 0 radical (unpaired) electrons. The molecule has 15 heavy (non-hydrogen) atoms. The quantitative estimate of drug-likeness (QED) is 0.460. The Bertz CT molecular complexity index is 351. The van der Waals surface area contributed by atoms with E-state index in [0.717, 1.165) is 5.69 Å². The molecule has 1 aromatic heterocycles. The number of H-pyrrole nitrogens is 1. The van der Waals surface area contributed by atoms with Crippen LogP contribution in [0.3, 0.4) is 0 Å². The van der Waals surface area contributed by atoms with Crippen LogP contribution in [0.15, 0.2) is 28.3 Å². The van der Waals surface area contributed by atoms with Gasteiger partial charge in [-0.25, -0.2) is 0 Å². The number of rotatable bonds is 2. The van der Waals surface area contributed by atoms with E-state index >= 15 is 0 Å². The highest BCUT2D eigenvalue weighted by molar-refractivity contribution is 5.93. The van der Waals surface area contributed by atoms with Gasteiger partial charge in [0.2, 0.25) is 5.96 Å². The van der Waals surface area contributed by atoms with Gasteiger partial charge >= 0.3 is 0 Å². The van der Waals surface area contributed by atoms with Crippen LogP contribution in [0.25, 0.3) is 0 Å². The number of hydrogen-bond donors (Lipinski definition) is 3. The van der Waals surface area contributed by atoms with Crippen molar-refractivity contribution in [1.29, 1.82) is 0 Å². The molecule has 0 aliphatic carbocycles. The minimum absolute atomic E-state index is 0.172. The van der Waals surface area contributed by atoms with E-state index in [-0.39, 0.29) is 5.96 Å². The Hall–Kier alpha value is -1.98. The Morgan fingerprint density at radius 3 is 2.80 bits per heavy atom. The summed E-state index contributed by atoms with van der Waals surface area (Å²) in [7, 11) is 3.40. The molecule has 0 atom stereocenters. The van der Waals surface area contributed by atoms with Crippen molar-refractivity contribution >= 4 is 11.9 Å². The second-order valence-electron chi connectivity index (χ2n) is 3.10. The fourth-order valence-corrected chi connectivity index (χ4v) is 1.06. The lowest BCUT2D eigenvalue weighted by Gasteiger charge is -2.16. The number of hydrogen-bond acceptors (Lipinski definition) is 1. The zero-order valence-corrected chi connectivity index (χ0v) is 8.94. The molecule has 1 heterocycles. The van der Waals surface area contributed by atoms with Crippen LogP contribution in [0.1, 0.15) is 5.69 Å². The van der Waals surface area contributed by atoms with Crippen molar-refractivity contribution in [2.24, 2.45) is 21.5 Å². The molecule has 0 fully saturated rings. The molecule has 0 bridgehead atoms. The maximum Gasteiger partial charge on any atom is 0.218 e. The van der Waals surface area contributed by atoms with E-state index in [0.29, 0.717) is 12.5 Å². The van der Waals surface area contributed by atoms with Gasteiger partial charge in [0.25, 0.3) is 0 Å². The Kier molecular flexibility index (Phi) is 3.73. The normalized spacial score (nSPS) is 12.9. The van der Waals surface area contributed by atoms with Crippen molar-refractivity contribution in [3.05, 3.63) is 24.0 Å². The van der Waals surface area contributed by atoms with Gasteiger partial charge in [-0.15, -0.1) is 0 Å². The second kappa shape index (κ2) is 5.04. The number of guanidine groups is 2. The molecule has 0 unspecified atom stereocenters. The first-order valence-electron chi connectivity index (χ1n) is 4.53. The van der Waals surface area contributed by atoms with Crippen LogP contribution in [0, 0.1) is 0 Å². The predicted octanol–water partition coefficient (Wildman–Crippen LogP) is -0.294. The molecule has 0 saturated carbocycles. The Labute approximate surface area is 88.7 Å². The molecule has 0 aliphatic rings. The second-order valence-corrected chi connectivity index (χ2v) is 3.10. The zero-order chi connectivity index (χ0) is 11.3. The lowest BCUT2D eigenvalue weighted by molar-refractivity contribution is 0.489. The van der Waals surface area contributed by atoms with Crippen molar-refractivity contribution in [2.45, 2.75) is 6.54 Å². The summed E-state index contributed by atoms with van der Waals surface area (Å²) in [6.45, 7) is 0.652. The van der Waals surface area contributed by atoms with Crippen LogP contribution >= 0.6 is 0 Å². The molecule has 6 nitrogen and oxygen atoms in total. The summed E-state index contributed by atoms with van der Waals surface area (Å²) in [5.74, 6) is 0.513. The number of aromatic amines is 1. The first kappa shape index (κ1) is 11.1. The lowest BCUT2D eigenvalue weighted by Crippen LogP contribution is -2.35. The van der Waals surface area contributed by atoms with Gasteiger partial charge in [-0.1, -0.05) is 0 Å². The van der Waals surface area contributed by atoms with Gasteiger partial charge in [0.15, 0.2) is 5.96 Å². The van der Waals surface area contributed by atoms with Crippen molar-refractivity contribution in [1.82, 2.24) is 9.88 Å². The van der Waals surface area contributed by atoms with Crippen LogP contribution in [-0.4, -0.2) is 35.9 Å². The summed E-state index contributed by atoms with van der Waals surface area (Å²) >= 11 is 0. The van der Waals surface area contributed by atoms with Crippen molar-refractivity contribution in [3.63, 3.8) is 0 Å². The molecule has 0 aromatic carbocycles. The zero-order valence-electron chi connectivity index (χ0n) is 8.94. The maximum absolute atomic E-state index is 5.71. The molecule has 0 aliphatic heterocycles. The topological polar surface area (TPSA) is 95.8 Å². The van der Waals surface area contributed by atoms with Crippen LogP contribution in [0.5, 0.6) is 0 Å². The van der Waals surface area contributed by atoms with Crippen molar-refractivity contribution in [2.75, 3.05) is 14.1 Å². The molecule has 0 saturated heterocycles. The molecular weight excluding hydrogens is 192 g/mol. The van der Waals surface area contributed by atoms with Crippen molar-refractivity contribution < 1.29 is 0 Å². The first-order valence-corrected chi connectivity index (χ1v) is 4.53. The van der Waals surface area contributed by atoms with Gasteiger partial charge in [-0.05, 0) is 12.1 Å². The van der Waals surface area contributed by atoms with Gasteiger partial charge in [0.05, 0.1) is 6.54 Å². The summed E-state index contributed by atoms with van der Waals surface area (Å²) in [6, 6.07) is 3.90. The molecule has 0 spiro atoms. The Balaban J connectivity index is 2.61. The third-order valence-corrected chi connectivity index (χ3v) is 1.92. The van der Waals surface area contributed by atoms with Gasteiger partial charge < -0.3 is 21.4 Å². The molecule has 1 aromatic rings. The average molecular weight is 208 g/mol. The Morgan fingerprint density at radius 1 is 1.53 bits per heavy atom. The van der Waals surface area contributed by atoms with E-state index in [1.54, 1.807) is 11.9 Å². The standard InChI is InChI=1S/C9H16N6/c1-12-8(10)14-9(11)15(2)6-7-4-3-5-13-7/h3-5,13H,6H2,1-2H3,(H4,10,11,12,14). The van der Waals surface area contributed by atoms with Crippen LogP contribution in [0.4, 0.5) is 0 Å².